The highest BCUT2D eigenvalue weighted by atomic mass is 16.6. The van der Waals surface area contributed by atoms with Crippen LogP contribution in [0.3, 0.4) is 0 Å². The molecule has 1 saturated carbocycles. The molecule has 6 nitrogen and oxygen atoms in total. The van der Waals surface area contributed by atoms with Gasteiger partial charge in [-0.2, -0.15) is 5.10 Å². The van der Waals surface area contributed by atoms with E-state index >= 15 is 0 Å². The Hall–Kier alpha value is -1.43. The summed E-state index contributed by atoms with van der Waals surface area (Å²) in [7, 11) is 0. The van der Waals surface area contributed by atoms with Gasteiger partial charge < -0.3 is 5.32 Å². The van der Waals surface area contributed by atoms with Gasteiger partial charge in [-0.05, 0) is 52.5 Å². The van der Waals surface area contributed by atoms with Crippen LogP contribution in [0.15, 0.2) is 0 Å². The van der Waals surface area contributed by atoms with E-state index < -0.39 is 0 Å². The number of nitrogens with zero attached hydrogens (tertiary/aromatic N) is 3. The Labute approximate surface area is 126 Å². The zero-order valence-electron chi connectivity index (χ0n) is 13.4. The van der Waals surface area contributed by atoms with E-state index in [2.05, 4.69) is 17.3 Å². The van der Waals surface area contributed by atoms with E-state index in [-0.39, 0.29) is 16.7 Å². The molecule has 1 atom stereocenters. The molecule has 1 N–H and O–H groups in total. The molecule has 0 aromatic carbocycles. The normalized spacial score (nSPS) is 16.4. The minimum atomic E-state index is -0.277. The predicted molar refractivity (Wildman–Crippen MR) is 82.5 cm³/mol. The van der Waals surface area contributed by atoms with Gasteiger partial charge in [0.25, 0.3) is 0 Å². The van der Waals surface area contributed by atoms with Gasteiger partial charge in [0.1, 0.15) is 11.4 Å². The molecule has 2 rings (SSSR count). The van der Waals surface area contributed by atoms with Gasteiger partial charge in [-0.3, -0.25) is 14.8 Å². The van der Waals surface area contributed by atoms with Gasteiger partial charge in [-0.15, -0.1) is 0 Å². The van der Waals surface area contributed by atoms with Crippen LogP contribution in [0.1, 0.15) is 57.5 Å². The second-order valence-electron chi connectivity index (χ2n) is 6.28. The molecule has 1 heterocycles. The molecule has 1 aromatic heterocycles. The van der Waals surface area contributed by atoms with Crippen molar-refractivity contribution in [3.63, 3.8) is 0 Å². The lowest BCUT2D eigenvalue weighted by Gasteiger charge is -2.19. The van der Waals surface area contributed by atoms with Crippen LogP contribution in [-0.2, 0) is 6.42 Å². The third-order valence-electron chi connectivity index (χ3n) is 4.08. The summed E-state index contributed by atoms with van der Waals surface area (Å²) in [6.07, 6.45) is 4.22. The first-order chi connectivity index (χ1) is 9.95. The summed E-state index contributed by atoms with van der Waals surface area (Å²) in [5, 5.41) is 19.3. The molecular weight excluding hydrogens is 268 g/mol. The lowest BCUT2D eigenvalue weighted by Crippen LogP contribution is -2.34. The van der Waals surface area contributed by atoms with Crippen molar-refractivity contribution in [3.8, 4) is 0 Å². The molecule has 1 aliphatic carbocycles. The van der Waals surface area contributed by atoms with Crippen molar-refractivity contribution in [1.82, 2.24) is 15.1 Å². The van der Waals surface area contributed by atoms with Crippen molar-refractivity contribution in [2.75, 3.05) is 6.54 Å². The molecule has 1 aromatic rings. The van der Waals surface area contributed by atoms with Crippen molar-refractivity contribution in [1.29, 1.82) is 0 Å². The number of hydrogen-bond donors (Lipinski definition) is 1. The highest BCUT2D eigenvalue weighted by Crippen LogP contribution is 2.36. The second kappa shape index (κ2) is 6.56. The highest BCUT2D eigenvalue weighted by Gasteiger charge is 2.35. The zero-order valence-corrected chi connectivity index (χ0v) is 13.4. The topological polar surface area (TPSA) is 73.0 Å². The summed E-state index contributed by atoms with van der Waals surface area (Å²) >= 11 is 0. The van der Waals surface area contributed by atoms with Crippen LogP contribution in [0.25, 0.3) is 0 Å². The monoisotopic (exact) mass is 294 g/mol. The maximum atomic E-state index is 11.4. The van der Waals surface area contributed by atoms with Crippen LogP contribution in [0.4, 0.5) is 5.69 Å². The molecule has 21 heavy (non-hydrogen) atoms. The molecule has 1 unspecified atom stereocenters. The molecule has 0 spiro atoms. The van der Waals surface area contributed by atoms with Gasteiger partial charge in [-0.1, -0.05) is 6.92 Å². The first-order valence-corrected chi connectivity index (χ1v) is 7.91. The van der Waals surface area contributed by atoms with Crippen LogP contribution in [0.5, 0.6) is 0 Å². The van der Waals surface area contributed by atoms with E-state index in [1.54, 1.807) is 6.92 Å². The van der Waals surface area contributed by atoms with Crippen molar-refractivity contribution < 1.29 is 4.92 Å². The van der Waals surface area contributed by atoms with Gasteiger partial charge in [0.05, 0.1) is 4.92 Å². The summed E-state index contributed by atoms with van der Waals surface area (Å²) in [5.74, 6) is 0.659. The van der Waals surface area contributed by atoms with E-state index in [9.17, 15) is 10.1 Å². The number of aromatic nitrogens is 2. The van der Waals surface area contributed by atoms with Crippen LogP contribution in [0.2, 0.25) is 0 Å². The van der Waals surface area contributed by atoms with Gasteiger partial charge in [0, 0.05) is 18.5 Å². The third kappa shape index (κ3) is 3.61. The molecule has 1 fully saturated rings. The number of hydrogen-bond acceptors (Lipinski definition) is 4. The number of aryl methyl sites for hydroxylation is 1. The SMILES string of the molecule is CCCNC(Cc1c([N+](=O)[O-])c(C)nn1C(C)C)C1CC1. The van der Waals surface area contributed by atoms with E-state index in [4.69, 9.17) is 0 Å². The molecule has 0 saturated heterocycles. The summed E-state index contributed by atoms with van der Waals surface area (Å²) < 4.78 is 1.83. The fourth-order valence-electron chi connectivity index (χ4n) is 2.88. The Morgan fingerprint density at radius 3 is 2.62 bits per heavy atom. The Kier molecular flexibility index (Phi) is 4.98. The second-order valence-corrected chi connectivity index (χ2v) is 6.28. The zero-order chi connectivity index (χ0) is 15.6. The molecule has 1 aliphatic rings. The average molecular weight is 294 g/mol. The minimum Gasteiger partial charge on any atom is -0.313 e. The summed E-state index contributed by atoms with van der Waals surface area (Å²) in [4.78, 5) is 11.1. The molecular formula is C15H26N4O2. The maximum Gasteiger partial charge on any atom is 0.313 e. The highest BCUT2D eigenvalue weighted by molar-refractivity contribution is 5.41. The lowest BCUT2D eigenvalue weighted by atomic mass is 10.0. The number of nitro groups is 1. The molecule has 118 valence electrons. The molecule has 0 radical (unpaired) electrons. The third-order valence-corrected chi connectivity index (χ3v) is 4.08. The Bertz CT molecular complexity index is 506. The van der Waals surface area contributed by atoms with E-state index in [0.29, 0.717) is 24.1 Å². The van der Waals surface area contributed by atoms with E-state index in [1.807, 2.05) is 18.5 Å². The maximum absolute atomic E-state index is 11.4. The van der Waals surface area contributed by atoms with Crippen LogP contribution < -0.4 is 5.32 Å². The quantitative estimate of drug-likeness (QED) is 0.591. The Balaban J connectivity index is 2.29. The van der Waals surface area contributed by atoms with Crippen molar-refractivity contribution >= 4 is 5.69 Å². The predicted octanol–water partition coefficient (Wildman–Crippen LogP) is 3.00. The standard InChI is InChI=1S/C15H26N4O2/c1-5-8-16-13(12-6-7-12)9-14-15(19(20)21)11(4)17-18(14)10(2)3/h10,12-13,16H,5-9H2,1-4H3. The molecule has 0 bridgehead atoms. The molecule has 0 aliphatic heterocycles. The van der Waals surface area contributed by atoms with Crippen molar-refractivity contribution in [2.45, 2.75) is 65.5 Å². The lowest BCUT2D eigenvalue weighted by molar-refractivity contribution is -0.386. The molecule has 6 heteroatoms. The Morgan fingerprint density at radius 2 is 2.14 bits per heavy atom. The first kappa shape index (κ1) is 15.9. The van der Waals surface area contributed by atoms with E-state index in [0.717, 1.165) is 18.7 Å². The number of rotatable bonds is 8. The average Bonchev–Trinajstić information content (AvgIpc) is 3.18. The largest absolute Gasteiger partial charge is 0.313 e. The fourth-order valence-corrected chi connectivity index (χ4v) is 2.88. The summed E-state index contributed by atoms with van der Waals surface area (Å²) in [6.45, 7) is 8.87. The van der Waals surface area contributed by atoms with Gasteiger partial charge in [0.15, 0.2) is 0 Å². The minimum absolute atomic E-state index is 0.137. The smallest absolute Gasteiger partial charge is 0.313 e. The van der Waals surface area contributed by atoms with E-state index in [1.165, 1.54) is 12.8 Å². The summed E-state index contributed by atoms with van der Waals surface area (Å²) in [5.41, 5.74) is 1.49. The first-order valence-electron chi connectivity index (χ1n) is 7.91. The van der Waals surface area contributed by atoms with Crippen molar-refractivity contribution in [3.05, 3.63) is 21.5 Å². The Morgan fingerprint density at radius 1 is 1.48 bits per heavy atom. The van der Waals surface area contributed by atoms with Gasteiger partial charge in [0.2, 0.25) is 0 Å². The van der Waals surface area contributed by atoms with Crippen LogP contribution >= 0.6 is 0 Å². The number of nitrogens with one attached hydrogen (secondary N) is 1. The fraction of sp³-hybridized carbons (Fsp3) is 0.800. The van der Waals surface area contributed by atoms with Crippen LogP contribution in [0, 0.1) is 23.0 Å². The van der Waals surface area contributed by atoms with Gasteiger partial charge in [-0.25, -0.2) is 0 Å². The van der Waals surface area contributed by atoms with Crippen molar-refractivity contribution in [2.24, 2.45) is 5.92 Å². The van der Waals surface area contributed by atoms with Crippen LogP contribution in [-0.4, -0.2) is 27.3 Å². The molecule has 0 amide bonds. The van der Waals surface area contributed by atoms with Gasteiger partial charge >= 0.3 is 5.69 Å². The summed E-state index contributed by atoms with van der Waals surface area (Å²) in [6, 6.07) is 0.468.